The molecule has 3 N–H and O–H groups in total. The molecule has 2 aliphatic rings. The Hall–Kier alpha value is -3.73. The molecule has 4 amide bonds. The van der Waals surface area contributed by atoms with Crippen LogP contribution in [-0.2, 0) is 20.9 Å². The normalized spacial score (nSPS) is 21.7. The molecule has 3 heterocycles. The van der Waals surface area contributed by atoms with Gasteiger partial charge in [0, 0.05) is 25.7 Å². The molecule has 3 atom stereocenters. The largest absolute Gasteiger partial charge is 0.478 e. The Kier molecular flexibility index (Phi) is 5.91. The minimum Gasteiger partial charge on any atom is -0.478 e. The van der Waals surface area contributed by atoms with Gasteiger partial charge in [-0.25, -0.2) is 9.59 Å². The first kappa shape index (κ1) is 21.5. The van der Waals surface area contributed by atoms with Crippen LogP contribution >= 0.6 is 11.8 Å². The summed E-state index contributed by atoms with van der Waals surface area (Å²) in [6.45, 7) is 1.60. The van der Waals surface area contributed by atoms with Crippen LogP contribution in [0.5, 0.6) is 0 Å². The molecule has 0 saturated carbocycles. The van der Waals surface area contributed by atoms with Crippen LogP contribution in [0, 0.1) is 0 Å². The first-order valence-corrected chi connectivity index (χ1v) is 10.6. The summed E-state index contributed by atoms with van der Waals surface area (Å²) in [5.41, 5.74) is 1.18. The SMILES string of the molecule is CC(=O)N(c1ccoc1)C1C(=O)N2C=C(C(=O)O)C(NC(=O)NCc3ccccc3)S[C@H]12. The molecule has 1 aromatic heterocycles. The van der Waals surface area contributed by atoms with Crippen molar-refractivity contribution in [2.45, 2.75) is 30.3 Å². The number of anilines is 1. The highest BCUT2D eigenvalue weighted by Crippen LogP contribution is 2.43. The maximum absolute atomic E-state index is 12.7. The van der Waals surface area contributed by atoms with E-state index in [2.05, 4.69) is 10.6 Å². The number of hydrogen-bond donors (Lipinski definition) is 3. The predicted molar refractivity (Wildman–Crippen MR) is 115 cm³/mol. The Bertz CT molecular complexity index is 1070. The monoisotopic (exact) mass is 456 g/mol. The van der Waals surface area contributed by atoms with Crippen molar-refractivity contribution in [3.8, 4) is 0 Å². The topological polar surface area (TPSA) is 132 Å². The second-order valence-electron chi connectivity index (χ2n) is 7.17. The molecule has 10 nitrogen and oxygen atoms in total. The van der Waals surface area contributed by atoms with E-state index in [-0.39, 0.29) is 18.0 Å². The van der Waals surface area contributed by atoms with E-state index in [4.69, 9.17) is 4.42 Å². The standard InChI is InChI=1S/C21H20N4O6S/c1-12(26)25(14-7-8-31-11-14)16-18(27)24-10-15(20(28)29)17(32-19(16)24)23-21(30)22-9-13-5-3-2-4-6-13/h2-8,10-11,16-17,19H,9H2,1H3,(H,28,29)(H2,22,23,30)/t16?,17?,19-/m1/s1. The molecule has 0 bridgehead atoms. The van der Waals surface area contributed by atoms with Crippen LogP contribution in [0.3, 0.4) is 0 Å². The fraction of sp³-hybridized carbons (Fsp3) is 0.238. The lowest BCUT2D eigenvalue weighted by Crippen LogP contribution is -2.70. The lowest BCUT2D eigenvalue weighted by molar-refractivity contribution is -0.142. The van der Waals surface area contributed by atoms with Gasteiger partial charge in [-0.15, -0.1) is 11.8 Å². The fourth-order valence-corrected chi connectivity index (χ4v) is 5.02. The third-order valence-corrected chi connectivity index (χ3v) is 6.50. The molecule has 166 valence electrons. The van der Waals surface area contributed by atoms with E-state index in [1.54, 1.807) is 6.07 Å². The number of β-lactam (4-membered cyclic amide) rings is 1. The molecular weight excluding hydrogens is 436 g/mol. The number of furan rings is 1. The maximum atomic E-state index is 12.7. The average molecular weight is 456 g/mol. The van der Waals surface area contributed by atoms with Gasteiger partial charge in [-0.05, 0) is 5.56 Å². The molecule has 0 spiro atoms. The molecule has 1 fully saturated rings. The van der Waals surface area contributed by atoms with Crippen molar-refractivity contribution in [2.24, 2.45) is 0 Å². The van der Waals surface area contributed by atoms with Crippen molar-refractivity contribution in [2.75, 3.05) is 4.90 Å². The predicted octanol–water partition coefficient (Wildman–Crippen LogP) is 1.71. The molecule has 1 aromatic carbocycles. The highest BCUT2D eigenvalue weighted by Gasteiger charge is 2.55. The van der Waals surface area contributed by atoms with Gasteiger partial charge in [0.25, 0.3) is 5.91 Å². The number of carboxylic acid groups (broad SMARTS) is 1. The maximum Gasteiger partial charge on any atom is 0.336 e. The van der Waals surface area contributed by atoms with E-state index in [1.165, 1.54) is 35.4 Å². The number of carbonyl (C=O) groups is 4. The number of carboxylic acids is 1. The van der Waals surface area contributed by atoms with Crippen molar-refractivity contribution >= 4 is 41.3 Å². The summed E-state index contributed by atoms with van der Waals surface area (Å²) in [5.74, 6) is -2.02. The third-order valence-electron chi connectivity index (χ3n) is 5.09. The van der Waals surface area contributed by atoms with Crippen molar-refractivity contribution in [3.05, 3.63) is 66.3 Å². The van der Waals surface area contributed by atoms with Crippen molar-refractivity contribution in [1.82, 2.24) is 15.5 Å². The number of fused-ring (bicyclic) bond motifs is 1. The minimum absolute atomic E-state index is 0.134. The second kappa shape index (κ2) is 8.79. The number of carbonyl (C=O) groups excluding carboxylic acids is 3. The molecule has 32 heavy (non-hydrogen) atoms. The minimum atomic E-state index is -1.25. The van der Waals surface area contributed by atoms with E-state index >= 15 is 0 Å². The number of urea groups is 1. The molecule has 0 radical (unpaired) electrons. The summed E-state index contributed by atoms with van der Waals surface area (Å²) in [6, 6.07) is 9.43. The van der Waals surface area contributed by atoms with E-state index in [9.17, 15) is 24.3 Å². The molecule has 2 aromatic rings. The quantitative estimate of drug-likeness (QED) is 0.564. The number of thioether (sulfide) groups is 1. The van der Waals surface area contributed by atoms with Gasteiger partial charge in [0.05, 0.1) is 17.5 Å². The number of benzene rings is 1. The van der Waals surface area contributed by atoms with Crippen LogP contribution < -0.4 is 15.5 Å². The van der Waals surface area contributed by atoms with Crippen LogP contribution in [0.15, 0.2) is 65.1 Å². The lowest BCUT2D eigenvalue weighted by Gasteiger charge is -2.51. The summed E-state index contributed by atoms with van der Waals surface area (Å²) >= 11 is 1.08. The fourth-order valence-electron chi connectivity index (χ4n) is 3.58. The number of nitrogens with zero attached hydrogens (tertiary/aromatic N) is 2. The van der Waals surface area contributed by atoms with E-state index < -0.39 is 34.7 Å². The van der Waals surface area contributed by atoms with E-state index in [0.717, 1.165) is 17.3 Å². The number of aliphatic carboxylic acids is 1. The zero-order valence-corrected chi connectivity index (χ0v) is 17.7. The Balaban J connectivity index is 1.50. The first-order valence-electron chi connectivity index (χ1n) is 9.69. The van der Waals surface area contributed by atoms with E-state index in [1.807, 2.05) is 30.3 Å². The van der Waals surface area contributed by atoms with Gasteiger partial charge >= 0.3 is 12.0 Å². The van der Waals surface area contributed by atoms with Crippen molar-refractivity contribution < 1.29 is 28.7 Å². The van der Waals surface area contributed by atoms with E-state index in [0.29, 0.717) is 5.69 Å². The summed E-state index contributed by atoms with van der Waals surface area (Å²) in [4.78, 5) is 51.8. The average Bonchev–Trinajstić information content (AvgIpc) is 3.30. The van der Waals surface area contributed by atoms with Gasteiger partial charge in [-0.3, -0.25) is 14.5 Å². The Morgan fingerprint density at radius 1 is 1.22 bits per heavy atom. The van der Waals surface area contributed by atoms with Crippen molar-refractivity contribution in [1.29, 1.82) is 0 Å². The summed E-state index contributed by atoms with van der Waals surface area (Å²) in [6.07, 6.45) is 3.97. The summed E-state index contributed by atoms with van der Waals surface area (Å²) in [7, 11) is 0. The number of amides is 4. The highest BCUT2D eigenvalue weighted by atomic mass is 32.2. The summed E-state index contributed by atoms with van der Waals surface area (Å²) < 4.78 is 5.04. The lowest BCUT2D eigenvalue weighted by atomic mass is 10.0. The molecule has 11 heteroatoms. The Labute approximate surface area is 187 Å². The van der Waals surface area contributed by atoms with Crippen molar-refractivity contribution in [3.63, 3.8) is 0 Å². The number of hydrogen-bond acceptors (Lipinski definition) is 6. The van der Waals surface area contributed by atoms with Gasteiger partial charge in [-0.2, -0.15) is 0 Å². The smallest absolute Gasteiger partial charge is 0.336 e. The zero-order valence-electron chi connectivity index (χ0n) is 16.9. The van der Waals surface area contributed by atoms with Crippen LogP contribution in [0.2, 0.25) is 0 Å². The molecular formula is C21H20N4O6S. The Morgan fingerprint density at radius 2 is 1.97 bits per heavy atom. The van der Waals surface area contributed by atoms with Gasteiger partial charge < -0.3 is 25.1 Å². The van der Waals surface area contributed by atoms with Gasteiger partial charge in [0.15, 0.2) is 0 Å². The third kappa shape index (κ3) is 4.06. The highest BCUT2D eigenvalue weighted by molar-refractivity contribution is 8.01. The van der Waals surface area contributed by atoms with Crippen LogP contribution in [0.1, 0.15) is 12.5 Å². The Morgan fingerprint density at radius 3 is 2.59 bits per heavy atom. The molecule has 2 unspecified atom stereocenters. The van der Waals surface area contributed by atoms with Gasteiger partial charge in [0.2, 0.25) is 5.91 Å². The second-order valence-corrected chi connectivity index (χ2v) is 8.40. The van der Waals surface area contributed by atoms with Crippen LogP contribution in [0.25, 0.3) is 0 Å². The summed E-state index contributed by atoms with van der Waals surface area (Å²) in [5, 5.41) is 13.4. The molecule has 1 saturated heterocycles. The molecule has 4 rings (SSSR count). The molecule has 0 aliphatic carbocycles. The van der Waals surface area contributed by atoms with Gasteiger partial charge in [0.1, 0.15) is 23.1 Å². The zero-order chi connectivity index (χ0) is 22.8. The molecule has 2 aliphatic heterocycles. The van der Waals surface area contributed by atoms with Crippen LogP contribution in [0.4, 0.5) is 10.5 Å². The van der Waals surface area contributed by atoms with Crippen LogP contribution in [-0.4, -0.2) is 50.6 Å². The first-order chi connectivity index (χ1) is 15.4. The number of rotatable bonds is 6. The number of nitrogens with one attached hydrogen (secondary N) is 2. The van der Waals surface area contributed by atoms with Gasteiger partial charge in [-0.1, -0.05) is 30.3 Å².